The number of rotatable bonds is 5. The molecule has 2 rings (SSSR count). The molecule has 1 heterocycles. The Labute approximate surface area is 119 Å². The summed E-state index contributed by atoms with van der Waals surface area (Å²) in [6.07, 6.45) is 5.15. The molecule has 0 fully saturated rings. The zero-order valence-corrected chi connectivity index (χ0v) is 11.9. The van der Waals surface area contributed by atoms with Gasteiger partial charge in [0.15, 0.2) is 0 Å². The van der Waals surface area contributed by atoms with Gasteiger partial charge in [0.05, 0.1) is 12.1 Å². The maximum absolute atomic E-state index is 11.6. The molecular weight excluding hydrogens is 250 g/mol. The summed E-state index contributed by atoms with van der Waals surface area (Å²) in [5.74, 6) is -0.303. The van der Waals surface area contributed by atoms with Crippen LogP contribution in [0.3, 0.4) is 0 Å². The van der Waals surface area contributed by atoms with Gasteiger partial charge in [-0.1, -0.05) is 37.6 Å². The monoisotopic (exact) mass is 269 g/mol. The Morgan fingerprint density at radius 2 is 2.15 bits per heavy atom. The van der Waals surface area contributed by atoms with Gasteiger partial charge >= 0.3 is 5.97 Å². The van der Waals surface area contributed by atoms with Crippen LogP contribution in [0.2, 0.25) is 0 Å². The Morgan fingerprint density at radius 3 is 2.95 bits per heavy atom. The number of hydrogen-bond acceptors (Lipinski definition) is 3. The van der Waals surface area contributed by atoms with Crippen LogP contribution in [0.15, 0.2) is 36.4 Å². The number of unbranched alkanes of at least 4 members (excludes halogenated alkanes) is 1. The number of esters is 1. The first kappa shape index (κ1) is 14.3. The van der Waals surface area contributed by atoms with E-state index in [9.17, 15) is 4.79 Å². The largest absolute Gasteiger partial charge is 0.463 e. The minimum absolute atomic E-state index is 0.303. The van der Waals surface area contributed by atoms with Gasteiger partial charge in [-0.3, -0.25) is 4.98 Å². The highest BCUT2D eigenvalue weighted by Crippen LogP contribution is 2.18. The second-order valence-corrected chi connectivity index (χ2v) is 4.73. The summed E-state index contributed by atoms with van der Waals surface area (Å²) < 4.78 is 5.09. The van der Waals surface area contributed by atoms with Crippen LogP contribution in [0.4, 0.5) is 0 Å². The molecule has 3 nitrogen and oxygen atoms in total. The van der Waals surface area contributed by atoms with E-state index in [2.05, 4.69) is 11.9 Å². The van der Waals surface area contributed by atoms with Gasteiger partial charge in [0.2, 0.25) is 0 Å². The molecule has 1 aromatic heterocycles. The van der Waals surface area contributed by atoms with Crippen LogP contribution in [0.1, 0.15) is 31.0 Å². The first-order chi connectivity index (χ1) is 9.70. The lowest BCUT2D eigenvalue weighted by Crippen LogP contribution is -2.01. The predicted octanol–water partition coefficient (Wildman–Crippen LogP) is 3.90. The number of fused-ring (bicyclic) bond motifs is 1. The van der Waals surface area contributed by atoms with Gasteiger partial charge in [-0.05, 0) is 25.5 Å². The number of para-hydroxylation sites is 1. The molecule has 0 saturated heterocycles. The maximum Gasteiger partial charge on any atom is 0.330 e. The molecule has 2 aromatic rings. The van der Waals surface area contributed by atoms with Crippen LogP contribution < -0.4 is 0 Å². The number of carbonyl (C=O) groups excluding carboxylic acids is 1. The molecular formula is C17H19NO2. The van der Waals surface area contributed by atoms with E-state index in [1.54, 1.807) is 6.08 Å². The molecule has 0 aliphatic heterocycles. The number of nitrogens with zero attached hydrogens (tertiary/aromatic N) is 1. The zero-order valence-electron chi connectivity index (χ0n) is 11.9. The minimum Gasteiger partial charge on any atom is -0.463 e. The topological polar surface area (TPSA) is 39.2 Å². The molecule has 0 aliphatic carbocycles. The van der Waals surface area contributed by atoms with Crippen molar-refractivity contribution in [2.24, 2.45) is 0 Å². The third kappa shape index (κ3) is 3.67. The molecule has 0 aliphatic rings. The van der Waals surface area contributed by atoms with Gasteiger partial charge in [0, 0.05) is 22.7 Å². The Kier molecular flexibility index (Phi) is 4.88. The summed E-state index contributed by atoms with van der Waals surface area (Å²) in [4.78, 5) is 16.1. The third-order valence-electron chi connectivity index (χ3n) is 3.03. The average molecular weight is 269 g/mol. The molecule has 0 radical (unpaired) electrons. The van der Waals surface area contributed by atoms with E-state index >= 15 is 0 Å². The summed E-state index contributed by atoms with van der Waals surface area (Å²) >= 11 is 0. The normalized spacial score (nSPS) is 11.1. The number of aromatic nitrogens is 1. The molecule has 3 heteroatoms. The summed E-state index contributed by atoms with van der Waals surface area (Å²) in [5, 5.41) is 1.07. The second kappa shape index (κ2) is 6.85. The molecule has 1 aromatic carbocycles. The Balaban J connectivity index is 2.16. The van der Waals surface area contributed by atoms with Gasteiger partial charge in [0.25, 0.3) is 0 Å². The van der Waals surface area contributed by atoms with E-state index in [0.717, 1.165) is 35.0 Å². The molecule has 0 bridgehead atoms. The third-order valence-corrected chi connectivity index (χ3v) is 3.03. The van der Waals surface area contributed by atoms with Crippen molar-refractivity contribution in [2.45, 2.75) is 26.7 Å². The fourth-order valence-corrected chi connectivity index (χ4v) is 1.93. The second-order valence-electron chi connectivity index (χ2n) is 4.73. The number of carbonyl (C=O) groups is 1. The summed E-state index contributed by atoms with van der Waals surface area (Å²) in [7, 11) is 0. The van der Waals surface area contributed by atoms with Crippen molar-refractivity contribution in [1.82, 2.24) is 4.98 Å². The van der Waals surface area contributed by atoms with Gasteiger partial charge in [-0.25, -0.2) is 4.79 Å². The van der Waals surface area contributed by atoms with Crippen LogP contribution in [-0.2, 0) is 9.53 Å². The maximum atomic E-state index is 11.6. The van der Waals surface area contributed by atoms with E-state index in [1.165, 1.54) is 6.08 Å². The number of benzene rings is 1. The SMILES string of the molecule is CCCCOC(=O)/C=C/c1cccc2ccc(C)nc12. The lowest BCUT2D eigenvalue weighted by Gasteiger charge is -2.03. The fourth-order valence-electron chi connectivity index (χ4n) is 1.93. The minimum atomic E-state index is -0.303. The molecule has 0 amide bonds. The Hall–Kier alpha value is -2.16. The Bertz CT molecular complexity index is 632. The first-order valence-corrected chi connectivity index (χ1v) is 6.92. The summed E-state index contributed by atoms with van der Waals surface area (Å²) in [6, 6.07) is 9.94. The van der Waals surface area contributed by atoms with Crippen LogP contribution in [-0.4, -0.2) is 17.6 Å². The van der Waals surface area contributed by atoms with E-state index in [0.29, 0.717) is 6.61 Å². The van der Waals surface area contributed by atoms with E-state index in [1.807, 2.05) is 37.3 Å². The van der Waals surface area contributed by atoms with E-state index in [-0.39, 0.29) is 5.97 Å². The Morgan fingerprint density at radius 1 is 1.30 bits per heavy atom. The lowest BCUT2D eigenvalue weighted by molar-refractivity contribution is -0.137. The van der Waals surface area contributed by atoms with Crippen molar-refractivity contribution >= 4 is 22.9 Å². The van der Waals surface area contributed by atoms with Crippen molar-refractivity contribution in [2.75, 3.05) is 6.61 Å². The highest BCUT2D eigenvalue weighted by Gasteiger charge is 2.01. The van der Waals surface area contributed by atoms with Crippen LogP contribution >= 0.6 is 0 Å². The smallest absolute Gasteiger partial charge is 0.330 e. The first-order valence-electron chi connectivity index (χ1n) is 6.92. The van der Waals surface area contributed by atoms with Gasteiger partial charge < -0.3 is 4.74 Å². The zero-order chi connectivity index (χ0) is 14.4. The lowest BCUT2D eigenvalue weighted by atomic mass is 10.1. The van der Waals surface area contributed by atoms with Gasteiger partial charge in [0.1, 0.15) is 0 Å². The highest BCUT2D eigenvalue weighted by molar-refractivity contribution is 5.92. The number of hydrogen-bond donors (Lipinski definition) is 0. The molecule has 104 valence electrons. The number of pyridine rings is 1. The van der Waals surface area contributed by atoms with Crippen molar-refractivity contribution in [3.8, 4) is 0 Å². The van der Waals surface area contributed by atoms with Crippen molar-refractivity contribution in [3.05, 3.63) is 47.7 Å². The number of ether oxygens (including phenoxy) is 1. The molecule has 20 heavy (non-hydrogen) atoms. The standard InChI is InChI=1S/C17H19NO2/c1-3-4-12-20-16(19)11-10-15-7-5-6-14-9-8-13(2)18-17(14)15/h5-11H,3-4,12H2,1-2H3/b11-10+. The van der Waals surface area contributed by atoms with Crippen LogP contribution in [0.5, 0.6) is 0 Å². The predicted molar refractivity (Wildman–Crippen MR) is 81.4 cm³/mol. The van der Waals surface area contributed by atoms with Gasteiger partial charge in [-0.15, -0.1) is 0 Å². The highest BCUT2D eigenvalue weighted by atomic mass is 16.5. The molecule has 0 atom stereocenters. The number of aryl methyl sites for hydroxylation is 1. The molecule has 0 spiro atoms. The van der Waals surface area contributed by atoms with Crippen molar-refractivity contribution in [1.29, 1.82) is 0 Å². The van der Waals surface area contributed by atoms with Crippen molar-refractivity contribution in [3.63, 3.8) is 0 Å². The molecule has 0 unspecified atom stereocenters. The average Bonchev–Trinajstić information content (AvgIpc) is 2.45. The molecule has 0 N–H and O–H groups in total. The van der Waals surface area contributed by atoms with Crippen molar-refractivity contribution < 1.29 is 9.53 Å². The van der Waals surface area contributed by atoms with Gasteiger partial charge in [-0.2, -0.15) is 0 Å². The summed E-state index contributed by atoms with van der Waals surface area (Å²) in [6.45, 7) is 4.50. The van der Waals surface area contributed by atoms with Crippen LogP contribution in [0.25, 0.3) is 17.0 Å². The van der Waals surface area contributed by atoms with E-state index < -0.39 is 0 Å². The van der Waals surface area contributed by atoms with E-state index in [4.69, 9.17) is 4.74 Å². The fraction of sp³-hybridized carbons (Fsp3) is 0.294. The van der Waals surface area contributed by atoms with Crippen LogP contribution in [0, 0.1) is 6.92 Å². The molecule has 0 saturated carbocycles. The quantitative estimate of drug-likeness (QED) is 0.469. The summed E-state index contributed by atoms with van der Waals surface area (Å²) in [5.41, 5.74) is 2.80.